The highest BCUT2D eigenvalue weighted by atomic mass is 19.4. The van der Waals surface area contributed by atoms with Crippen molar-refractivity contribution >= 4 is 34.5 Å². The molecule has 0 radical (unpaired) electrons. The number of H-pyrrole nitrogens is 1. The highest BCUT2D eigenvalue weighted by molar-refractivity contribution is 5.99. The monoisotopic (exact) mass is 568 g/mol. The number of anilines is 2. The van der Waals surface area contributed by atoms with Gasteiger partial charge in [0.15, 0.2) is 11.5 Å². The molecule has 0 saturated heterocycles. The number of carbonyl (C=O) groups excluding carboxylic acids is 2. The number of aromatic amines is 1. The summed E-state index contributed by atoms with van der Waals surface area (Å²) in [6, 6.07) is 7.16. The Bertz CT molecular complexity index is 1580. The third kappa shape index (κ3) is 7.56. The Morgan fingerprint density at radius 1 is 1.15 bits per heavy atom. The summed E-state index contributed by atoms with van der Waals surface area (Å²) < 4.78 is 43.9. The molecule has 4 aromatic rings. The molecule has 0 spiro atoms. The zero-order chi connectivity index (χ0) is 29.8. The van der Waals surface area contributed by atoms with Gasteiger partial charge in [-0.3, -0.25) is 9.59 Å². The van der Waals surface area contributed by atoms with E-state index in [0.717, 1.165) is 6.08 Å². The average Bonchev–Trinajstić information content (AvgIpc) is 3.33. The summed E-state index contributed by atoms with van der Waals surface area (Å²) in [6.45, 7) is 7.15. The summed E-state index contributed by atoms with van der Waals surface area (Å²) in [5.41, 5.74) is 1.06. The molecule has 0 saturated carbocycles. The van der Waals surface area contributed by atoms with Crippen LogP contribution in [0.25, 0.3) is 22.6 Å². The summed E-state index contributed by atoms with van der Waals surface area (Å²) in [5.74, 6) is -0.169. The number of alkyl halides is 3. The lowest BCUT2D eigenvalue weighted by molar-refractivity contribution is -0.140. The van der Waals surface area contributed by atoms with Crippen LogP contribution in [0, 0.1) is 5.41 Å². The van der Waals surface area contributed by atoms with Gasteiger partial charge in [-0.05, 0) is 29.7 Å². The molecular formula is C27H27F3N8O3. The average molecular weight is 569 g/mol. The molecule has 1 aromatic carbocycles. The number of halogens is 3. The Morgan fingerprint density at radius 3 is 2.63 bits per heavy atom. The maximum absolute atomic E-state index is 12.7. The minimum absolute atomic E-state index is 0.161. The fourth-order valence-electron chi connectivity index (χ4n) is 3.73. The molecule has 0 bridgehead atoms. The first-order chi connectivity index (χ1) is 19.3. The SMILES string of the molecule is C=CC(=O)Nc1cccc(Oc2cnc3[nH]cc(-c4nccc(NC(C(=O)NCC(F)(F)F)C(C)(C)C)n4)c3n2)c1. The first-order valence-electron chi connectivity index (χ1n) is 12.3. The van der Waals surface area contributed by atoms with Gasteiger partial charge in [0.1, 0.15) is 29.7 Å². The van der Waals surface area contributed by atoms with Crippen molar-refractivity contribution in [2.24, 2.45) is 5.41 Å². The van der Waals surface area contributed by atoms with E-state index in [9.17, 15) is 22.8 Å². The van der Waals surface area contributed by atoms with Gasteiger partial charge in [0, 0.05) is 24.1 Å². The van der Waals surface area contributed by atoms with Crippen LogP contribution in [0.1, 0.15) is 20.8 Å². The van der Waals surface area contributed by atoms with Crippen molar-refractivity contribution < 1.29 is 27.5 Å². The first kappa shape index (κ1) is 29.0. The minimum Gasteiger partial charge on any atom is -0.437 e. The molecule has 3 aromatic heterocycles. The van der Waals surface area contributed by atoms with Gasteiger partial charge in [0.2, 0.25) is 17.7 Å². The number of nitrogens with zero attached hydrogens (tertiary/aromatic N) is 4. The lowest BCUT2D eigenvalue weighted by atomic mass is 9.86. The lowest BCUT2D eigenvalue weighted by Gasteiger charge is -2.31. The molecule has 4 N–H and O–H groups in total. The minimum atomic E-state index is -4.54. The second kappa shape index (κ2) is 11.6. The van der Waals surface area contributed by atoms with Crippen molar-refractivity contribution in [2.45, 2.75) is 33.0 Å². The molecular weight excluding hydrogens is 541 g/mol. The van der Waals surface area contributed by atoms with Gasteiger partial charge < -0.3 is 25.7 Å². The molecule has 11 nitrogen and oxygen atoms in total. The number of fused-ring (bicyclic) bond motifs is 1. The molecule has 3 heterocycles. The van der Waals surface area contributed by atoms with Gasteiger partial charge in [-0.25, -0.2) is 19.9 Å². The summed E-state index contributed by atoms with van der Waals surface area (Å²) in [5, 5.41) is 7.51. The van der Waals surface area contributed by atoms with Gasteiger partial charge in [-0.15, -0.1) is 0 Å². The van der Waals surface area contributed by atoms with E-state index >= 15 is 0 Å². The summed E-state index contributed by atoms with van der Waals surface area (Å²) in [7, 11) is 0. The van der Waals surface area contributed by atoms with Crippen LogP contribution in [0.15, 0.2) is 61.6 Å². The Balaban J connectivity index is 1.58. The van der Waals surface area contributed by atoms with Gasteiger partial charge >= 0.3 is 6.18 Å². The Labute approximate surface area is 232 Å². The highest BCUT2D eigenvalue weighted by Crippen LogP contribution is 2.29. The molecule has 0 fully saturated rings. The van der Waals surface area contributed by atoms with Crippen LogP contribution < -0.4 is 20.7 Å². The molecule has 214 valence electrons. The second-order valence-corrected chi connectivity index (χ2v) is 9.97. The molecule has 14 heteroatoms. The smallest absolute Gasteiger partial charge is 0.405 e. The number of nitrogens with one attached hydrogen (secondary N) is 4. The van der Waals surface area contributed by atoms with Crippen LogP contribution >= 0.6 is 0 Å². The number of aromatic nitrogens is 5. The highest BCUT2D eigenvalue weighted by Gasteiger charge is 2.35. The molecule has 1 atom stereocenters. The predicted molar refractivity (Wildman–Crippen MR) is 146 cm³/mol. The Hall–Kier alpha value is -5.01. The number of amides is 2. The zero-order valence-electron chi connectivity index (χ0n) is 22.3. The van der Waals surface area contributed by atoms with Gasteiger partial charge in [-0.2, -0.15) is 13.2 Å². The van der Waals surface area contributed by atoms with E-state index in [4.69, 9.17) is 4.74 Å². The fraction of sp³-hybridized carbons (Fsp3) is 0.259. The van der Waals surface area contributed by atoms with E-state index in [0.29, 0.717) is 28.2 Å². The van der Waals surface area contributed by atoms with Crippen molar-refractivity contribution in [3.05, 3.63) is 61.6 Å². The topological polar surface area (TPSA) is 147 Å². The maximum atomic E-state index is 12.7. The molecule has 0 aliphatic heterocycles. The van der Waals surface area contributed by atoms with Crippen molar-refractivity contribution in [3.63, 3.8) is 0 Å². The molecule has 4 rings (SSSR count). The predicted octanol–water partition coefficient (Wildman–Crippen LogP) is 4.84. The van der Waals surface area contributed by atoms with Crippen LogP contribution in [0.5, 0.6) is 11.6 Å². The van der Waals surface area contributed by atoms with E-state index in [-0.39, 0.29) is 23.4 Å². The molecule has 41 heavy (non-hydrogen) atoms. The van der Waals surface area contributed by atoms with Gasteiger partial charge in [0.05, 0.1) is 11.8 Å². The van der Waals surface area contributed by atoms with Crippen molar-refractivity contribution in [2.75, 3.05) is 17.2 Å². The lowest BCUT2D eigenvalue weighted by Crippen LogP contribution is -2.49. The third-order valence-electron chi connectivity index (χ3n) is 5.65. The Kier molecular flexibility index (Phi) is 8.21. The van der Waals surface area contributed by atoms with E-state index in [1.54, 1.807) is 51.2 Å². The molecule has 0 aliphatic rings. The summed E-state index contributed by atoms with van der Waals surface area (Å²) in [6.07, 6.45) is 1.09. The summed E-state index contributed by atoms with van der Waals surface area (Å²) >= 11 is 0. The molecule has 0 aliphatic carbocycles. The number of hydrogen-bond acceptors (Lipinski definition) is 8. The number of benzene rings is 1. The Morgan fingerprint density at radius 2 is 1.93 bits per heavy atom. The van der Waals surface area contributed by atoms with Gasteiger partial charge in [-0.1, -0.05) is 33.4 Å². The molecule has 1 unspecified atom stereocenters. The maximum Gasteiger partial charge on any atom is 0.405 e. The van der Waals surface area contributed by atoms with Crippen LogP contribution in [0.4, 0.5) is 24.7 Å². The van der Waals surface area contributed by atoms with Gasteiger partial charge in [0.25, 0.3) is 0 Å². The summed E-state index contributed by atoms with van der Waals surface area (Å²) in [4.78, 5) is 44.8. The van der Waals surface area contributed by atoms with Crippen LogP contribution in [-0.4, -0.2) is 55.5 Å². The van der Waals surface area contributed by atoms with E-state index in [2.05, 4.69) is 42.1 Å². The first-order valence-corrected chi connectivity index (χ1v) is 12.3. The number of rotatable bonds is 9. The third-order valence-corrected chi connectivity index (χ3v) is 5.65. The number of hydrogen-bond donors (Lipinski definition) is 4. The van der Waals surface area contributed by atoms with Crippen LogP contribution in [-0.2, 0) is 9.59 Å². The molecule has 2 amide bonds. The zero-order valence-corrected chi connectivity index (χ0v) is 22.3. The fourth-order valence-corrected chi connectivity index (χ4v) is 3.73. The van der Waals surface area contributed by atoms with E-state index in [1.807, 2.05) is 5.32 Å². The van der Waals surface area contributed by atoms with Crippen LogP contribution in [0.2, 0.25) is 0 Å². The number of ether oxygens (including phenoxy) is 1. The quantitative estimate of drug-likeness (QED) is 0.210. The van der Waals surface area contributed by atoms with Crippen molar-refractivity contribution in [1.29, 1.82) is 0 Å². The van der Waals surface area contributed by atoms with Crippen molar-refractivity contribution in [1.82, 2.24) is 30.2 Å². The number of carbonyl (C=O) groups is 2. The standard InChI is InChI=1S/C27H27F3N8O3/c1-5-19(39)35-15-7-6-8-16(11-15)41-20-13-33-24-21(38-20)17(12-32-24)23-31-10-9-18(37-23)36-22(26(2,3)4)25(40)34-14-27(28,29)30/h5-13,22H,1,14H2,2-4H3,(H,32,33)(H,34,40)(H,35,39)(H,31,36,37). The second-order valence-electron chi connectivity index (χ2n) is 9.97. The van der Waals surface area contributed by atoms with Crippen molar-refractivity contribution in [3.8, 4) is 23.0 Å². The van der Waals surface area contributed by atoms with E-state index < -0.39 is 30.1 Å². The largest absolute Gasteiger partial charge is 0.437 e. The van der Waals surface area contributed by atoms with E-state index in [1.165, 1.54) is 18.5 Å². The van der Waals surface area contributed by atoms with Crippen LogP contribution in [0.3, 0.4) is 0 Å². The normalized spacial score (nSPS) is 12.4.